The van der Waals surface area contributed by atoms with Crippen LogP contribution in [0.4, 0.5) is 4.79 Å². The van der Waals surface area contributed by atoms with Crippen LogP contribution in [0.5, 0.6) is 0 Å². The molecule has 0 aliphatic carbocycles. The molecule has 1 aromatic rings. The van der Waals surface area contributed by atoms with Crippen molar-refractivity contribution in [2.24, 2.45) is 5.41 Å². The lowest BCUT2D eigenvalue weighted by molar-refractivity contribution is 0.201. The van der Waals surface area contributed by atoms with Crippen molar-refractivity contribution in [3.05, 3.63) is 29.0 Å². The Labute approximate surface area is 118 Å². The first-order valence-corrected chi connectivity index (χ1v) is 6.54. The number of hydrogen-bond acceptors (Lipinski definition) is 3. The highest BCUT2D eigenvalue weighted by atomic mass is 35.5. The zero-order valence-corrected chi connectivity index (χ0v) is 12.0. The summed E-state index contributed by atoms with van der Waals surface area (Å²) in [6, 6.07) is 3.24. The first kappa shape index (κ1) is 15.7. The number of amides is 2. The lowest BCUT2D eigenvalue weighted by Crippen LogP contribution is -2.40. The number of aliphatic hydroxyl groups is 1. The Morgan fingerprint density at radius 1 is 1.42 bits per heavy atom. The van der Waals surface area contributed by atoms with Crippen LogP contribution in [0.2, 0.25) is 5.02 Å². The third-order valence-electron chi connectivity index (χ3n) is 2.73. The fraction of sp³-hybridized carbons (Fsp3) is 0.538. The quantitative estimate of drug-likeness (QED) is 0.748. The Morgan fingerprint density at radius 2 is 2.16 bits per heavy atom. The first-order valence-electron chi connectivity index (χ1n) is 6.16. The lowest BCUT2D eigenvalue weighted by Gasteiger charge is -2.23. The van der Waals surface area contributed by atoms with Crippen molar-refractivity contribution in [3.8, 4) is 0 Å². The van der Waals surface area contributed by atoms with Gasteiger partial charge < -0.3 is 15.7 Å². The third kappa shape index (κ3) is 6.40. The van der Waals surface area contributed by atoms with Gasteiger partial charge in [-0.3, -0.25) is 4.98 Å². The summed E-state index contributed by atoms with van der Waals surface area (Å²) in [5, 5.41) is 15.0. The summed E-state index contributed by atoms with van der Waals surface area (Å²) in [5.41, 5.74) is 0.624. The van der Waals surface area contributed by atoms with Crippen molar-refractivity contribution < 1.29 is 9.90 Å². The zero-order valence-electron chi connectivity index (χ0n) is 11.2. The van der Waals surface area contributed by atoms with Gasteiger partial charge in [0.15, 0.2) is 0 Å². The topological polar surface area (TPSA) is 74.2 Å². The molecule has 0 bridgehead atoms. The van der Waals surface area contributed by atoms with E-state index in [1.165, 1.54) is 0 Å². The number of aliphatic hydroxyl groups excluding tert-OH is 1. The van der Waals surface area contributed by atoms with Crippen molar-refractivity contribution in [1.82, 2.24) is 15.6 Å². The van der Waals surface area contributed by atoms with Crippen LogP contribution in [-0.2, 0) is 6.54 Å². The lowest BCUT2D eigenvalue weighted by atomic mass is 9.90. The summed E-state index contributed by atoms with van der Waals surface area (Å²) in [7, 11) is 0. The van der Waals surface area contributed by atoms with E-state index in [2.05, 4.69) is 15.6 Å². The molecule has 3 N–H and O–H groups in total. The molecular weight excluding hydrogens is 266 g/mol. The van der Waals surface area contributed by atoms with Crippen LogP contribution < -0.4 is 10.6 Å². The largest absolute Gasteiger partial charge is 0.396 e. The van der Waals surface area contributed by atoms with E-state index in [1.807, 2.05) is 13.8 Å². The molecule has 0 saturated carbocycles. The van der Waals surface area contributed by atoms with Gasteiger partial charge in [0.25, 0.3) is 0 Å². The second-order valence-corrected chi connectivity index (χ2v) is 5.58. The summed E-state index contributed by atoms with van der Waals surface area (Å²) < 4.78 is 0. The van der Waals surface area contributed by atoms with Crippen LogP contribution in [0.15, 0.2) is 18.3 Å². The molecule has 1 aromatic heterocycles. The molecule has 1 heterocycles. The molecular formula is C13H20ClN3O2. The van der Waals surface area contributed by atoms with E-state index in [0.717, 1.165) is 5.69 Å². The maximum atomic E-state index is 11.6. The smallest absolute Gasteiger partial charge is 0.315 e. The van der Waals surface area contributed by atoms with Gasteiger partial charge in [-0.05, 0) is 24.0 Å². The molecule has 106 valence electrons. The van der Waals surface area contributed by atoms with Crippen molar-refractivity contribution >= 4 is 17.6 Å². The maximum Gasteiger partial charge on any atom is 0.315 e. The normalized spacial score (nSPS) is 11.2. The van der Waals surface area contributed by atoms with Crippen molar-refractivity contribution in [2.45, 2.75) is 26.8 Å². The Morgan fingerprint density at radius 3 is 2.74 bits per heavy atom. The minimum Gasteiger partial charge on any atom is -0.396 e. The minimum absolute atomic E-state index is 0.116. The van der Waals surface area contributed by atoms with E-state index >= 15 is 0 Å². The number of carbonyl (C=O) groups is 1. The molecule has 0 aromatic carbocycles. The first-order chi connectivity index (χ1) is 8.93. The summed E-state index contributed by atoms with van der Waals surface area (Å²) in [6.07, 6.45) is 2.19. The van der Waals surface area contributed by atoms with Crippen molar-refractivity contribution in [2.75, 3.05) is 13.2 Å². The SMILES string of the molecule is CC(C)(CCO)CNC(=O)NCc1ccc(Cl)cn1. The predicted molar refractivity (Wildman–Crippen MR) is 75.0 cm³/mol. The Kier molecular flexibility index (Phi) is 6.05. The molecule has 0 radical (unpaired) electrons. The number of aromatic nitrogens is 1. The summed E-state index contributed by atoms with van der Waals surface area (Å²) in [4.78, 5) is 15.7. The molecule has 2 amide bonds. The summed E-state index contributed by atoms with van der Waals surface area (Å²) in [6.45, 7) is 4.95. The number of carbonyl (C=O) groups excluding carboxylic acids is 1. The Balaban J connectivity index is 2.30. The van der Waals surface area contributed by atoms with Gasteiger partial charge in [0, 0.05) is 19.3 Å². The second-order valence-electron chi connectivity index (χ2n) is 5.14. The molecule has 0 aliphatic heterocycles. The van der Waals surface area contributed by atoms with Gasteiger partial charge in [0.05, 0.1) is 17.3 Å². The molecule has 19 heavy (non-hydrogen) atoms. The van der Waals surface area contributed by atoms with Gasteiger partial charge in [-0.15, -0.1) is 0 Å². The van der Waals surface area contributed by atoms with E-state index in [4.69, 9.17) is 16.7 Å². The number of halogens is 1. The number of nitrogens with one attached hydrogen (secondary N) is 2. The molecule has 0 unspecified atom stereocenters. The average Bonchev–Trinajstić information content (AvgIpc) is 2.36. The molecule has 0 aliphatic rings. The molecule has 5 nitrogen and oxygen atoms in total. The highest BCUT2D eigenvalue weighted by molar-refractivity contribution is 6.30. The van der Waals surface area contributed by atoms with E-state index < -0.39 is 0 Å². The third-order valence-corrected chi connectivity index (χ3v) is 2.96. The van der Waals surface area contributed by atoms with Crippen LogP contribution in [0.3, 0.4) is 0 Å². The van der Waals surface area contributed by atoms with Crippen LogP contribution in [0.1, 0.15) is 26.0 Å². The van der Waals surface area contributed by atoms with Crippen LogP contribution in [0, 0.1) is 5.41 Å². The minimum atomic E-state index is -0.247. The summed E-state index contributed by atoms with van der Waals surface area (Å²) >= 11 is 5.72. The van der Waals surface area contributed by atoms with Crippen LogP contribution in [0.25, 0.3) is 0 Å². The van der Waals surface area contributed by atoms with E-state index in [1.54, 1.807) is 18.3 Å². The predicted octanol–water partition coefficient (Wildman–Crippen LogP) is 1.94. The molecule has 0 saturated heterocycles. The van der Waals surface area contributed by atoms with Crippen LogP contribution in [-0.4, -0.2) is 29.3 Å². The van der Waals surface area contributed by atoms with Crippen LogP contribution >= 0.6 is 11.6 Å². The Bertz CT molecular complexity index is 407. The fourth-order valence-electron chi connectivity index (χ4n) is 1.45. The average molecular weight is 286 g/mol. The molecule has 0 spiro atoms. The van der Waals surface area contributed by atoms with Gasteiger partial charge in [0.2, 0.25) is 0 Å². The van der Waals surface area contributed by atoms with Gasteiger partial charge in [-0.2, -0.15) is 0 Å². The molecule has 1 rings (SSSR count). The van der Waals surface area contributed by atoms with E-state index in [0.29, 0.717) is 24.5 Å². The van der Waals surface area contributed by atoms with Gasteiger partial charge in [0.1, 0.15) is 0 Å². The second kappa shape index (κ2) is 7.31. The van der Waals surface area contributed by atoms with E-state index in [-0.39, 0.29) is 18.1 Å². The van der Waals surface area contributed by atoms with Gasteiger partial charge in [-0.25, -0.2) is 4.79 Å². The maximum absolute atomic E-state index is 11.6. The molecule has 0 fully saturated rings. The zero-order chi connectivity index (χ0) is 14.3. The van der Waals surface area contributed by atoms with E-state index in [9.17, 15) is 4.79 Å². The standard InChI is InChI=1S/C13H20ClN3O2/c1-13(2,5-6-18)9-17-12(19)16-8-11-4-3-10(14)7-15-11/h3-4,7,18H,5-6,8-9H2,1-2H3,(H2,16,17,19). The fourth-order valence-corrected chi connectivity index (χ4v) is 1.57. The van der Waals surface area contributed by atoms with Gasteiger partial charge in [-0.1, -0.05) is 25.4 Å². The number of rotatable bonds is 6. The monoisotopic (exact) mass is 285 g/mol. The van der Waals surface area contributed by atoms with Crippen molar-refractivity contribution in [1.29, 1.82) is 0 Å². The number of pyridine rings is 1. The Hall–Kier alpha value is -1.33. The van der Waals surface area contributed by atoms with Gasteiger partial charge >= 0.3 is 6.03 Å². The molecule has 6 heteroatoms. The number of hydrogen-bond donors (Lipinski definition) is 3. The summed E-state index contributed by atoms with van der Waals surface area (Å²) in [5.74, 6) is 0. The van der Waals surface area contributed by atoms with Crippen molar-refractivity contribution in [3.63, 3.8) is 0 Å². The highest BCUT2D eigenvalue weighted by Gasteiger charge is 2.17. The highest BCUT2D eigenvalue weighted by Crippen LogP contribution is 2.17. The number of nitrogens with zero attached hydrogens (tertiary/aromatic N) is 1. The molecule has 0 atom stereocenters. The number of urea groups is 1.